The number of carbonyl (C=O) groups is 1. The molecule has 128 valence electrons. The molecule has 0 aromatic carbocycles. The molecule has 1 amide bonds. The predicted octanol–water partition coefficient (Wildman–Crippen LogP) is 2.16. The minimum atomic E-state index is -0.146. The van der Waals surface area contributed by atoms with Gasteiger partial charge in [0.15, 0.2) is 0 Å². The van der Waals surface area contributed by atoms with Crippen molar-refractivity contribution in [2.45, 2.75) is 26.3 Å². The molecule has 1 atom stereocenters. The molecule has 0 radical (unpaired) electrons. The quantitative estimate of drug-likeness (QED) is 0.834. The molecule has 1 spiro atoms. The van der Waals surface area contributed by atoms with E-state index in [1.54, 1.807) is 17.7 Å². The molecule has 2 saturated heterocycles. The summed E-state index contributed by atoms with van der Waals surface area (Å²) in [5, 5.41) is 2.05. The van der Waals surface area contributed by atoms with Gasteiger partial charge in [0.1, 0.15) is 12.1 Å². The minimum absolute atomic E-state index is 0.146. The second-order valence-corrected chi connectivity index (χ2v) is 8.01. The first-order valence-electron chi connectivity index (χ1n) is 8.38. The summed E-state index contributed by atoms with van der Waals surface area (Å²) in [6.45, 7) is 7.80. The van der Waals surface area contributed by atoms with E-state index < -0.39 is 0 Å². The fraction of sp³-hybridized carbons (Fsp3) is 0.588. The lowest BCUT2D eigenvalue weighted by atomic mass is 9.87. The maximum Gasteiger partial charge on any atom is 0.223 e. The molecule has 2 aliphatic rings. The molecular formula is C17H22N4O2S. The van der Waals surface area contributed by atoms with E-state index in [2.05, 4.69) is 28.7 Å². The van der Waals surface area contributed by atoms with Gasteiger partial charge in [0.25, 0.3) is 0 Å². The summed E-state index contributed by atoms with van der Waals surface area (Å²) in [7, 11) is 0. The molecule has 24 heavy (non-hydrogen) atoms. The lowest BCUT2D eigenvalue weighted by Crippen LogP contribution is -2.42. The Morgan fingerprint density at radius 1 is 1.33 bits per heavy atom. The van der Waals surface area contributed by atoms with Gasteiger partial charge in [0.05, 0.1) is 23.4 Å². The first-order chi connectivity index (χ1) is 11.6. The molecule has 6 nitrogen and oxygen atoms in total. The van der Waals surface area contributed by atoms with Crippen LogP contribution < -0.4 is 4.90 Å². The summed E-state index contributed by atoms with van der Waals surface area (Å²) in [5.74, 6) is 1.20. The molecule has 0 N–H and O–H groups in total. The van der Waals surface area contributed by atoms with Crippen LogP contribution in [-0.2, 0) is 9.53 Å². The molecule has 2 aromatic heterocycles. The lowest BCUT2D eigenvalue weighted by molar-refractivity contribution is -0.129. The molecule has 2 aromatic rings. The van der Waals surface area contributed by atoms with E-state index in [1.165, 1.54) is 0 Å². The number of fused-ring (bicyclic) bond motifs is 1. The van der Waals surface area contributed by atoms with Crippen LogP contribution in [0, 0.1) is 5.41 Å². The van der Waals surface area contributed by atoms with Crippen molar-refractivity contribution in [1.82, 2.24) is 14.9 Å². The molecule has 0 saturated carbocycles. The Bertz CT molecular complexity index is 762. The lowest BCUT2D eigenvalue weighted by Gasteiger charge is -2.32. The fourth-order valence-corrected chi connectivity index (χ4v) is 4.64. The monoisotopic (exact) mass is 346 g/mol. The zero-order valence-corrected chi connectivity index (χ0v) is 14.9. The van der Waals surface area contributed by atoms with Crippen LogP contribution in [0.15, 0.2) is 17.8 Å². The molecule has 2 fully saturated rings. The van der Waals surface area contributed by atoms with Crippen LogP contribution in [0.25, 0.3) is 10.2 Å². The normalized spacial score (nSPS) is 25.2. The Morgan fingerprint density at radius 2 is 2.21 bits per heavy atom. The highest BCUT2D eigenvalue weighted by Crippen LogP contribution is 2.38. The first-order valence-corrected chi connectivity index (χ1v) is 9.26. The third kappa shape index (κ3) is 2.65. The highest BCUT2D eigenvalue weighted by molar-refractivity contribution is 7.17. The van der Waals surface area contributed by atoms with Gasteiger partial charge in [-0.2, -0.15) is 0 Å². The van der Waals surface area contributed by atoms with E-state index in [0.717, 1.165) is 35.7 Å². The van der Waals surface area contributed by atoms with Crippen LogP contribution >= 0.6 is 11.3 Å². The van der Waals surface area contributed by atoms with Gasteiger partial charge in [0, 0.05) is 37.5 Å². The van der Waals surface area contributed by atoms with Crippen LogP contribution in [-0.4, -0.2) is 59.7 Å². The van der Waals surface area contributed by atoms with Crippen LogP contribution in [0.2, 0.25) is 0 Å². The summed E-state index contributed by atoms with van der Waals surface area (Å²) in [6.07, 6.45) is 2.18. The average Bonchev–Trinajstić information content (AvgIpc) is 3.09. The summed E-state index contributed by atoms with van der Waals surface area (Å²) in [6, 6.07) is 2.26. The van der Waals surface area contributed by atoms with Gasteiger partial charge in [0.2, 0.25) is 5.91 Å². The van der Waals surface area contributed by atoms with Crippen molar-refractivity contribution in [2.24, 2.45) is 5.41 Å². The number of ether oxygens (including phenoxy) is 1. The highest BCUT2D eigenvalue weighted by Gasteiger charge is 2.46. The number of nitrogens with zero attached hydrogens (tertiary/aromatic N) is 4. The molecule has 0 aliphatic carbocycles. The van der Waals surface area contributed by atoms with Gasteiger partial charge in [-0.1, -0.05) is 0 Å². The average molecular weight is 346 g/mol. The SMILES string of the molecule is CC(C)N1C[C@]2(COCCN(c3ncnc4ccsc34)C2)CC1=O. The number of thiophene rings is 1. The summed E-state index contributed by atoms with van der Waals surface area (Å²) < 4.78 is 7.00. The van der Waals surface area contributed by atoms with Crippen LogP contribution in [0.1, 0.15) is 20.3 Å². The number of hydrogen-bond donors (Lipinski definition) is 0. The van der Waals surface area contributed by atoms with Crippen LogP contribution in [0.3, 0.4) is 0 Å². The zero-order valence-electron chi connectivity index (χ0n) is 14.1. The first kappa shape index (κ1) is 15.8. The summed E-state index contributed by atoms with van der Waals surface area (Å²) in [4.78, 5) is 25.6. The fourth-order valence-electron chi connectivity index (χ4n) is 3.78. The van der Waals surface area contributed by atoms with Gasteiger partial charge in [-0.05, 0) is 25.3 Å². The maximum absolute atomic E-state index is 12.4. The largest absolute Gasteiger partial charge is 0.379 e. The van der Waals surface area contributed by atoms with Crippen molar-refractivity contribution in [1.29, 1.82) is 0 Å². The van der Waals surface area contributed by atoms with Crippen molar-refractivity contribution in [3.05, 3.63) is 17.8 Å². The van der Waals surface area contributed by atoms with Crippen molar-refractivity contribution < 1.29 is 9.53 Å². The second-order valence-electron chi connectivity index (χ2n) is 7.10. The Balaban J connectivity index is 1.66. The molecule has 4 rings (SSSR count). The molecule has 7 heteroatoms. The van der Waals surface area contributed by atoms with Gasteiger partial charge in [-0.3, -0.25) is 4.79 Å². The van der Waals surface area contributed by atoms with Crippen molar-refractivity contribution in [3.63, 3.8) is 0 Å². The number of likely N-dealkylation sites (tertiary alicyclic amines) is 1. The number of anilines is 1. The van der Waals surface area contributed by atoms with Gasteiger partial charge >= 0.3 is 0 Å². The van der Waals surface area contributed by atoms with Crippen LogP contribution in [0.5, 0.6) is 0 Å². The number of amides is 1. The van der Waals surface area contributed by atoms with E-state index in [-0.39, 0.29) is 17.4 Å². The topological polar surface area (TPSA) is 58.6 Å². The number of rotatable bonds is 2. The molecule has 0 unspecified atom stereocenters. The van der Waals surface area contributed by atoms with Crippen LogP contribution in [0.4, 0.5) is 5.82 Å². The third-order valence-corrected chi connectivity index (χ3v) is 5.84. The smallest absolute Gasteiger partial charge is 0.223 e. The predicted molar refractivity (Wildman–Crippen MR) is 94.3 cm³/mol. The number of aromatic nitrogens is 2. The van der Waals surface area contributed by atoms with Gasteiger partial charge in [-0.25, -0.2) is 9.97 Å². The number of hydrogen-bond acceptors (Lipinski definition) is 6. The molecule has 4 heterocycles. The molecule has 2 aliphatic heterocycles. The third-order valence-electron chi connectivity index (χ3n) is 4.94. The number of carbonyl (C=O) groups excluding carboxylic acids is 1. The molecule has 0 bridgehead atoms. The van der Waals surface area contributed by atoms with Gasteiger partial charge in [-0.15, -0.1) is 11.3 Å². The molecular weight excluding hydrogens is 324 g/mol. The van der Waals surface area contributed by atoms with E-state index in [0.29, 0.717) is 19.6 Å². The standard InChI is InChI=1S/C17H22N4O2S/c1-12(2)21-9-17(7-14(21)22)8-20(4-5-23-10-17)16-15-13(3-6-24-15)18-11-19-16/h3,6,11-12H,4-5,7-10H2,1-2H3/t17-/m0/s1. The summed E-state index contributed by atoms with van der Waals surface area (Å²) in [5.41, 5.74) is 0.836. The maximum atomic E-state index is 12.4. The minimum Gasteiger partial charge on any atom is -0.379 e. The Kier molecular flexibility index (Phi) is 3.92. The van der Waals surface area contributed by atoms with Crippen molar-refractivity contribution in [2.75, 3.05) is 37.7 Å². The summed E-state index contributed by atoms with van der Waals surface area (Å²) >= 11 is 1.67. The van der Waals surface area contributed by atoms with Crippen molar-refractivity contribution >= 4 is 33.3 Å². The second kappa shape index (κ2) is 5.97. The van der Waals surface area contributed by atoms with E-state index >= 15 is 0 Å². The van der Waals surface area contributed by atoms with Gasteiger partial charge < -0.3 is 14.5 Å². The van der Waals surface area contributed by atoms with E-state index in [4.69, 9.17) is 4.74 Å². The Labute approximate surface area is 145 Å². The van der Waals surface area contributed by atoms with E-state index in [9.17, 15) is 4.79 Å². The highest BCUT2D eigenvalue weighted by atomic mass is 32.1. The van der Waals surface area contributed by atoms with E-state index in [1.807, 2.05) is 16.3 Å². The Morgan fingerprint density at radius 3 is 3.00 bits per heavy atom. The Hall–Kier alpha value is -1.73. The zero-order chi connectivity index (χ0) is 16.7. The van der Waals surface area contributed by atoms with Crippen molar-refractivity contribution in [3.8, 4) is 0 Å².